The molecule has 0 spiro atoms. The van der Waals surface area contributed by atoms with E-state index in [1.807, 2.05) is 0 Å². The van der Waals surface area contributed by atoms with E-state index in [1.54, 1.807) is 0 Å². The Kier molecular flexibility index (Phi) is 6.07. The van der Waals surface area contributed by atoms with Crippen molar-refractivity contribution in [1.82, 2.24) is 0 Å². The summed E-state index contributed by atoms with van der Waals surface area (Å²) in [6.45, 7) is 18.9. The van der Waals surface area contributed by atoms with E-state index >= 15 is 0 Å². The lowest BCUT2D eigenvalue weighted by Gasteiger charge is -2.29. The minimum atomic E-state index is -0.138. The molecule has 0 unspecified atom stereocenters. The number of anilines is 3. The van der Waals surface area contributed by atoms with Crippen LogP contribution < -0.4 is 4.90 Å². The summed E-state index contributed by atoms with van der Waals surface area (Å²) in [5.41, 5.74) is 17.6. The van der Waals surface area contributed by atoms with Gasteiger partial charge >= 0.3 is 0 Å². The third-order valence-corrected chi connectivity index (χ3v) is 10.9. The minimum Gasteiger partial charge on any atom is -0.310 e. The van der Waals surface area contributed by atoms with Gasteiger partial charge in [0.2, 0.25) is 0 Å². The van der Waals surface area contributed by atoms with Crippen molar-refractivity contribution in [3.05, 3.63) is 149 Å². The first kappa shape index (κ1) is 28.8. The molecule has 0 saturated carbocycles. The van der Waals surface area contributed by atoms with Gasteiger partial charge in [-0.3, -0.25) is 0 Å². The molecule has 1 nitrogen and oxygen atoms in total. The van der Waals surface area contributed by atoms with Crippen LogP contribution in [0.5, 0.6) is 0 Å². The molecule has 228 valence electrons. The van der Waals surface area contributed by atoms with E-state index in [1.165, 1.54) is 77.8 Å². The molecule has 0 fully saturated rings. The maximum absolute atomic E-state index is 2.54. The van der Waals surface area contributed by atoms with Crippen molar-refractivity contribution >= 4 is 27.8 Å². The van der Waals surface area contributed by atoms with Gasteiger partial charge in [0.25, 0.3) is 0 Å². The fourth-order valence-electron chi connectivity index (χ4n) is 8.46. The van der Waals surface area contributed by atoms with Crippen molar-refractivity contribution in [1.29, 1.82) is 0 Å². The monoisotopic (exact) mass is 597 g/mol. The summed E-state index contributed by atoms with van der Waals surface area (Å²) in [5, 5.41) is 2.50. The van der Waals surface area contributed by atoms with Gasteiger partial charge in [-0.1, -0.05) is 121 Å². The second kappa shape index (κ2) is 9.69. The first-order valence-electron chi connectivity index (χ1n) is 16.7. The molecular weight excluding hydrogens is 555 g/mol. The van der Waals surface area contributed by atoms with Crippen LogP contribution in [0.15, 0.2) is 115 Å². The molecule has 46 heavy (non-hydrogen) atoms. The van der Waals surface area contributed by atoms with Crippen LogP contribution in [0, 0.1) is 6.92 Å². The van der Waals surface area contributed by atoms with E-state index in [0.29, 0.717) is 0 Å². The van der Waals surface area contributed by atoms with E-state index in [-0.39, 0.29) is 16.2 Å². The van der Waals surface area contributed by atoms with Gasteiger partial charge in [0.1, 0.15) is 0 Å². The molecule has 2 aliphatic rings. The van der Waals surface area contributed by atoms with Crippen LogP contribution in [0.1, 0.15) is 81.8 Å². The zero-order chi connectivity index (χ0) is 32.2. The topological polar surface area (TPSA) is 3.24 Å². The lowest BCUT2D eigenvalue weighted by atomic mass is 9.78. The number of nitrogens with zero attached hydrogens (tertiary/aromatic N) is 1. The van der Waals surface area contributed by atoms with Crippen molar-refractivity contribution in [2.75, 3.05) is 4.90 Å². The molecule has 0 N–H and O–H groups in total. The SMILES string of the molecule is Cc1cc2c(cc1C(C)(C)C)-c1cc3c(cc1C2(C)C)-c1ccc(N(c2ccccc2)c2cccc4ccccc24)cc1C3(C)C. The average Bonchev–Trinajstić information content (AvgIpc) is 3.38. The molecule has 0 bridgehead atoms. The maximum atomic E-state index is 2.54. The number of benzene rings is 6. The summed E-state index contributed by atoms with van der Waals surface area (Å²) in [4.78, 5) is 2.43. The third-order valence-electron chi connectivity index (χ3n) is 10.9. The summed E-state index contributed by atoms with van der Waals surface area (Å²) in [6.07, 6.45) is 0. The Morgan fingerprint density at radius 3 is 1.76 bits per heavy atom. The van der Waals surface area contributed by atoms with Crippen molar-refractivity contribution in [2.45, 2.75) is 71.6 Å². The lowest BCUT2D eigenvalue weighted by molar-refractivity contribution is 0.584. The van der Waals surface area contributed by atoms with Crippen LogP contribution in [-0.4, -0.2) is 0 Å². The summed E-state index contributed by atoms with van der Waals surface area (Å²) in [6, 6.07) is 43.3. The molecule has 0 saturated heterocycles. The maximum Gasteiger partial charge on any atom is 0.0540 e. The van der Waals surface area contributed by atoms with Gasteiger partial charge in [0, 0.05) is 27.6 Å². The van der Waals surface area contributed by atoms with Crippen molar-refractivity contribution in [3.8, 4) is 22.3 Å². The number of fused-ring (bicyclic) bond motifs is 7. The van der Waals surface area contributed by atoms with E-state index in [2.05, 4.69) is 176 Å². The fraction of sp³-hybridized carbons (Fsp3) is 0.244. The molecule has 6 aromatic rings. The average molecular weight is 598 g/mol. The highest BCUT2D eigenvalue weighted by atomic mass is 15.1. The van der Waals surface area contributed by atoms with Crippen molar-refractivity contribution in [3.63, 3.8) is 0 Å². The van der Waals surface area contributed by atoms with Crippen LogP contribution in [-0.2, 0) is 16.2 Å². The minimum absolute atomic E-state index is 0.0494. The van der Waals surface area contributed by atoms with Crippen LogP contribution in [0.2, 0.25) is 0 Å². The van der Waals surface area contributed by atoms with Gasteiger partial charge in [-0.2, -0.15) is 0 Å². The summed E-state index contributed by atoms with van der Waals surface area (Å²) in [5.74, 6) is 0. The quantitative estimate of drug-likeness (QED) is 0.196. The highest BCUT2D eigenvalue weighted by Crippen LogP contribution is 2.57. The summed E-state index contributed by atoms with van der Waals surface area (Å²) < 4.78 is 0. The molecule has 8 rings (SSSR count). The zero-order valence-corrected chi connectivity index (χ0v) is 28.4. The Morgan fingerprint density at radius 2 is 1.07 bits per heavy atom. The lowest BCUT2D eigenvalue weighted by Crippen LogP contribution is -2.18. The predicted octanol–water partition coefficient (Wildman–Crippen LogP) is 12.5. The number of para-hydroxylation sites is 1. The Morgan fingerprint density at radius 1 is 0.500 bits per heavy atom. The highest BCUT2D eigenvalue weighted by molar-refractivity contribution is 5.99. The normalized spacial score (nSPS) is 15.3. The molecule has 0 atom stereocenters. The van der Waals surface area contributed by atoms with E-state index in [4.69, 9.17) is 0 Å². The van der Waals surface area contributed by atoms with E-state index in [0.717, 1.165) is 5.69 Å². The van der Waals surface area contributed by atoms with E-state index < -0.39 is 0 Å². The fourth-order valence-corrected chi connectivity index (χ4v) is 8.46. The number of hydrogen-bond acceptors (Lipinski definition) is 1. The third kappa shape index (κ3) is 4.07. The molecule has 1 heteroatoms. The van der Waals surface area contributed by atoms with Crippen LogP contribution in [0.4, 0.5) is 17.1 Å². The molecule has 6 aromatic carbocycles. The molecular formula is C45H43N. The molecule has 2 aliphatic carbocycles. The Bertz CT molecular complexity index is 2180. The van der Waals surface area contributed by atoms with Crippen LogP contribution in [0.3, 0.4) is 0 Å². The Balaban J connectivity index is 1.31. The number of rotatable bonds is 3. The van der Waals surface area contributed by atoms with Crippen LogP contribution >= 0.6 is 0 Å². The second-order valence-corrected chi connectivity index (χ2v) is 15.6. The van der Waals surface area contributed by atoms with Crippen molar-refractivity contribution in [2.24, 2.45) is 0 Å². The van der Waals surface area contributed by atoms with Gasteiger partial charge in [0.05, 0.1) is 5.69 Å². The highest BCUT2D eigenvalue weighted by Gasteiger charge is 2.42. The van der Waals surface area contributed by atoms with Gasteiger partial charge < -0.3 is 4.90 Å². The smallest absolute Gasteiger partial charge is 0.0540 e. The first-order chi connectivity index (χ1) is 21.9. The molecule has 0 heterocycles. The number of aryl methyl sites for hydroxylation is 1. The summed E-state index contributed by atoms with van der Waals surface area (Å²) >= 11 is 0. The second-order valence-electron chi connectivity index (χ2n) is 15.6. The number of hydrogen-bond donors (Lipinski definition) is 0. The predicted molar refractivity (Wildman–Crippen MR) is 197 cm³/mol. The summed E-state index contributed by atoms with van der Waals surface area (Å²) in [7, 11) is 0. The van der Waals surface area contributed by atoms with E-state index in [9.17, 15) is 0 Å². The van der Waals surface area contributed by atoms with Gasteiger partial charge in [0.15, 0.2) is 0 Å². The van der Waals surface area contributed by atoms with Crippen LogP contribution in [0.25, 0.3) is 33.0 Å². The zero-order valence-electron chi connectivity index (χ0n) is 28.4. The molecule has 0 amide bonds. The molecule has 0 aromatic heterocycles. The Hall–Kier alpha value is -4.62. The largest absolute Gasteiger partial charge is 0.310 e. The van der Waals surface area contributed by atoms with Gasteiger partial charge in [-0.15, -0.1) is 0 Å². The first-order valence-corrected chi connectivity index (χ1v) is 16.7. The van der Waals surface area contributed by atoms with Gasteiger partial charge in [-0.25, -0.2) is 0 Å². The van der Waals surface area contributed by atoms with Crippen molar-refractivity contribution < 1.29 is 0 Å². The Labute approximate surface area is 274 Å². The molecule has 0 aliphatic heterocycles. The molecule has 0 radical (unpaired) electrons. The standard InChI is InChI=1S/C45H43N/c1-28-23-38-35(25-37(28)43(2,3)4)36-27-40-34(26-41(36)44(38,5)6)33-22-21-31(24-39(33)45(40,7)8)46(30-17-10-9-11-18-30)42-20-14-16-29-15-12-13-19-32(29)42/h9-27H,1-8H3. The van der Waals surface area contributed by atoms with Gasteiger partial charge in [-0.05, 0) is 116 Å².